The second kappa shape index (κ2) is 4.50. The third-order valence-corrected chi connectivity index (χ3v) is 4.10. The first-order valence-corrected chi connectivity index (χ1v) is 6.76. The van der Waals surface area contributed by atoms with E-state index in [0.29, 0.717) is 9.79 Å². The first kappa shape index (κ1) is 11.9. The van der Waals surface area contributed by atoms with E-state index in [0.717, 1.165) is 21.3 Å². The lowest BCUT2D eigenvalue weighted by molar-refractivity contribution is 1.04. The van der Waals surface area contributed by atoms with Crippen molar-refractivity contribution in [2.45, 2.75) is 0 Å². The van der Waals surface area contributed by atoms with E-state index in [-0.39, 0.29) is 0 Å². The lowest BCUT2D eigenvalue weighted by atomic mass is 10.3. The third-order valence-electron chi connectivity index (χ3n) is 2.60. The molecule has 0 radical (unpaired) electrons. The summed E-state index contributed by atoms with van der Waals surface area (Å²) in [6.45, 7) is 0. The Bertz CT molecular complexity index is 793. The fourth-order valence-electron chi connectivity index (χ4n) is 1.80. The smallest absolute Gasteiger partial charge is 0.183 e. The van der Waals surface area contributed by atoms with Crippen molar-refractivity contribution >= 4 is 50.9 Å². The van der Waals surface area contributed by atoms with Gasteiger partial charge in [-0.05, 0) is 58.5 Å². The van der Waals surface area contributed by atoms with Crippen LogP contribution in [0.5, 0.6) is 0 Å². The molecular formula is C12H7BrClN3S. The topological polar surface area (TPSA) is 33.6 Å². The Morgan fingerprint density at radius 2 is 2.17 bits per heavy atom. The lowest BCUT2D eigenvalue weighted by Crippen LogP contribution is -1.95. The summed E-state index contributed by atoms with van der Waals surface area (Å²) in [5, 5.41) is 0.665. The summed E-state index contributed by atoms with van der Waals surface area (Å²) in [6, 6.07) is 9.46. The molecule has 6 heteroatoms. The maximum atomic E-state index is 5.99. The molecule has 0 atom stereocenters. The predicted molar refractivity (Wildman–Crippen MR) is 79.0 cm³/mol. The number of nitrogens with one attached hydrogen (secondary N) is 1. The fourth-order valence-corrected chi connectivity index (χ4v) is 2.59. The number of pyridine rings is 1. The van der Waals surface area contributed by atoms with Crippen LogP contribution in [0.3, 0.4) is 0 Å². The van der Waals surface area contributed by atoms with Crippen LogP contribution in [-0.2, 0) is 0 Å². The van der Waals surface area contributed by atoms with E-state index >= 15 is 0 Å². The van der Waals surface area contributed by atoms with Crippen molar-refractivity contribution in [2.24, 2.45) is 0 Å². The summed E-state index contributed by atoms with van der Waals surface area (Å²) in [6.07, 6.45) is 1.74. The molecule has 18 heavy (non-hydrogen) atoms. The highest BCUT2D eigenvalue weighted by Crippen LogP contribution is 2.26. The molecule has 0 unspecified atom stereocenters. The van der Waals surface area contributed by atoms with Crippen LogP contribution in [0.1, 0.15) is 0 Å². The van der Waals surface area contributed by atoms with E-state index in [9.17, 15) is 0 Å². The summed E-state index contributed by atoms with van der Waals surface area (Å²) in [7, 11) is 0. The Kier molecular flexibility index (Phi) is 2.97. The van der Waals surface area contributed by atoms with Gasteiger partial charge in [0.2, 0.25) is 0 Å². The van der Waals surface area contributed by atoms with Gasteiger partial charge in [0.25, 0.3) is 0 Å². The average Bonchev–Trinajstić information content (AvgIpc) is 2.69. The zero-order valence-electron chi connectivity index (χ0n) is 9.02. The Labute approximate surface area is 122 Å². The molecule has 3 aromatic rings. The molecule has 0 spiro atoms. The number of fused-ring (bicyclic) bond motifs is 1. The zero-order valence-corrected chi connectivity index (χ0v) is 12.2. The van der Waals surface area contributed by atoms with Crippen LogP contribution in [0.4, 0.5) is 0 Å². The van der Waals surface area contributed by atoms with Crippen molar-refractivity contribution in [1.82, 2.24) is 14.5 Å². The van der Waals surface area contributed by atoms with Crippen LogP contribution in [-0.4, -0.2) is 14.5 Å². The molecule has 0 fully saturated rings. The van der Waals surface area contributed by atoms with E-state index in [4.69, 9.17) is 23.8 Å². The Morgan fingerprint density at radius 3 is 2.94 bits per heavy atom. The molecular weight excluding hydrogens is 334 g/mol. The maximum Gasteiger partial charge on any atom is 0.183 e. The largest absolute Gasteiger partial charge is 0.329 e. The Balaban J connectivity index is 2.34. The first-order chi connectivity index (χ1) is 8.66. The minimum absolute atomic E-state index is 0.609. The summed E-state index contributed by atoms with van der Waals surface area (Å²) < 4.78 is 3.32. The number of halogens is 2. The summed E-state index contributed by atoms with van der Waals surface area (Å²) in [4.78, 5) is 7.47. The predicted octanol–water partition coefficient (Wildman–Crippen LogP) is 4.50. The van der Waals surface area contributed by atoms with Gasteiger partial charge in [0, 0.05) is 10.7 Å². The quantitative estimate of drug-likeness (QED) is 0.662. The van der Waals surface area contributed by atoms with Crippen molar-refractivity contribution < 1.29 is 0 Å². The number of imidazole rings is 1. The summed E-state index contributed by atoms with van der Waals surface area (Å²) in [5.41, 5.74) is 2.63. The highest BCUT2D eigenvalue weighted by Gasteiger charge is 2.08. The molecule has 0 aliphatic heterocycles. The molecule has 2 aromatic heterocycles. The van der Waals surface area contributed by atoms with Crippen molar-refractivity contribution in [2.75, 3.05) is 0 Å². The van der Waals surface area contributed by atoms with Crippen molar-refractivity contribution in [1.29, 1.82) is 0 Å². The van der Waals surface area contributed by atoms with E-state index in [1.165, 1.54) is 0 Å². The Morgan fingerprint density at radius 1 is 1.33 bits per heavy atom. The van der Waals surface area contributed by atoms with E-state index in [1.807, 2.05) is 34.9 Å². The van der Waals surface area contributed by atoms with Gasteiger partial charge in [-0.25, -0.2) is 4.98 Å². The van der Waals surface area contributed by atoms with Gasteiger partial charge in [0.05, 0.1) is 16.2 Å². The van der Waals surface area contributed by atoms with Crippen LogP contribution < -0.4 is 0 Å². The molecule has 0 aliphatic rings. The van der Waals surface area contributed by atoms with Crippen LogP contribution in [0.2, 0.25) is 5.02 Å². The molecule has 3 nitrogen and oxygen atoms in total. The second-order valence-corrected chi connectivity index (χ2v) is 5.39. The van der Waals surface area contributed by atoms with Gasteiger partial charge in [-0.1, -0.05) is 11.6 Å². The Hall–Kier alpha value is -1.17. The molecule has 90 valence electrons. The number of aromatic amines is 1. The molecule has 3 rings (SSSR count). The standard InChI is InChI=1S/C12H7BrClN3S/c13-8-6-7(3-4-9(8)14)17-11-10(16-12(17)18)2-1-5-15-11/h1-6H,(H,16,18). The van der Waals surface area contributed by atoms with Crippen LogP contribution in [0, 0.1) is 4.77 Å². The van der Waals surface area contributed by atoms with E-state index < -0.39 is 0 Å². The minimum atomic E-state index is 0.609. The average molecular weight is 341 g/mol. The number of H-pyrrole nitrogens is 1. The summed E-state index contributed by atoms with van der Waals surface area (Å²) >= 11 is 14.7. The highest BCUT2D eigenvalue weighted by molar-refractivity contribution is 9.10. The normalized spacial score (nSPS) is 11.0. The number of benzene rings is 1. The third kappa shape index (κ3) is 1.88. The van der Waals surface area contributed by atoms with Crippen molar-refractivity contribution in [3.8, 4) is 5.69 Å². The first-order valence-electron chi connectivity index (χ1n) is 5.18. The van der Waals surface area contributed by atoms with Crippen LogP contribution in [0.15, 0.2) is 41.0 Å². The molecule has 1 aromatic carbocycles. The van der Waals surface area contributed by atoms with Crippen molar-refractivity contribution in [3.63, 3.8) is 0 Å². The maximum absolute atomic E-state index is 5.99. The van der Waals surface area contributed by atoms with Gasteiger partial charge in [-0.2, -0.15) is 0 Å². The van der Waals surface area contributed by atoms with Crippen LogP contribution >= 0.6 is 39.7 Å². The molecule has 2 heterocycles. The van der Waals surface area contributed by atoms with Gasteiger partial charge in [-0.15, -0.1) is 0 Å². The van der Waals surface area contributed by atoms with Gasteiger partial charge >= 0.3 is 0 Å². The molecule has 1 N–H and O–H groups in total. The van der Waals surface area contributed by atoms with E-state index in [1.54, 1.807) is 6.20 Å². The second-order valence-electron chi connectivity index (χ2n) is 3.74. The number of hydrogen-bond donors (Lipinski definition) is 1. The number of rotatable bonds is 1. The highest BCUT2D eigenvalue weighted by atomic mass is 79.9. The number of aromatic nitrogens is 3. The number of nitrogens with zero attached hydrogens (tertiary/aromatic N) is 2. The molecule has 0 saturated heterocycles. The molecule has 0 saturated carbocycles. The van der Waals surface area contributed by atoms with Crippen LogP contribution in [0.25, 0.3) is 16.9 Å². The molecule has 0 bridgehead atoms. The molecule has 0 amide bonds. The fraction of sp³-hybridized carbons (Fsp3) is 0. The van der Waals surface area contributed by atoms with Gasteiger partial charge in [-0.3, -0.25) is 4.57 Å². The number of hydrogen-bond acceptors (Lipinski definition) is 2. The molecule has 0 aliphatic carbocycles. The van der Waals surface area contributed by atoms with Gasteiger partial charge < -0.3 is 4.98 Å². The van der Waals surface area contributed by atoms with Gasteiger partial charge in [0.15, 0.2) is 10.4 Å². The van der Waals surface area contributed by atoms with E-state index in [2.05, 4.69) is 25.9 Å². The lowest BCUT2D eigenvalue weighted by Gasteiger charge is -2.05. The van der Waals surface area contributed by atoms with Crippen molar-refractivity contribution in [3.05, 3.63) is 50.8 Å². The monoisotopic (exact) mass is 339 g/mol. The summed E-state index contributed by atoms with van der Waals surface area (Å²) in [5.74, 6) is 0. The zero-order chi connectivity index (χ0) is 12.7. The SMILES string of the molecule is S=c1[nH]c2cccnc2n1-c1ccc(Cl)c(Br)c1. The van der Waals surface area contributed by atoms with Gasteiger partial charge in [0.1, 0.15) is 0 Å². The minimum Gasteiger partial charge on any atom is -0.329 e.